The van der Waals surface area contributed by atoms with Gasteiger partial charge >= 0.3 is 0 Å². The number of carbonyl (C=O) groups is 1. The summed E-state index contributed by atoms with van der Waals surface area (Å²) >= 11 is 0. The van der Waals surface area contributed by atoms with E-state index in [9.17, 15) is 4.79 Å². The van der Waals surface area contributed by atoms with Crippen LogP contribution in [0.1, 0.15) is 27.2 Å². The van der Waals surface area contributed by atoms with E-state index in [1.807, 2.05) is 6.92 Å². The first-order valence-corrected chi connectivity index (χ1v) is 6.27. The number of hydrogen-bond acceptors (Lipinski definition) is 4. The predicted octanol–water partition coefficient (Wildman–Crippen LogP) is -0.0509. The highest BCUT2D eigenvalue weighted by molar-refractivity contribution is 5.84. The number of nitrogens with one attached hydrogen (secondary N) is 1. The molecule has 1 rings (SSSR count). The van der Waals surface area contributed by atoms with Crippen molar-refractivity contribution in [1.29, 1.82) is 0 Å². The maximum absolute atomic E-state index is 11.5. The molecule has 0 aromatic rings. The van der Waals surface area contributed by atoms with Crippen LogP contribution >= 0.6 is 0 Å². The van der Waals surface area contributed by atoms with E-state index in [0.29, 0.717) is 12.6 Å². The Hall–Kier alpha value is -0.650. The maximum Gasteiger partial charge on any atom is 0.238 e. The molecule has 5 nitrogen and oxygen atoms in total. The summed E-state index contributed by atoms with van der Waals surface area (Å²) in [6, 6.07) is 0.373. The van der Waals surface area contributed by atoms with Gasteiger partial charge < -0.3 is 15.8 Å². The van der Waals surface area contributed by atoms with Gasteiger partial charge in [0.2, 0.25) is 5.91 Å². The van der Waals surface area contributed by atoms with E-state index in [-0.39, 0.29) is 12.0 Å². The summed E-state index contributed by atoms with van der Waals surface area (Å²) in [6.45, 7) is 8.25. The smallest absolute Gasteiger partial charge is 0.238 e. The summed E-state index contributed by atoms with van der Waals surface area (Å²) in [5, 5.41) is 3.03. The van der Waals surface area contributed by atoms with Crippen LogP contribution in [-0.2, 0) is 9.53 Å². The van der Waals surface area contributed by atoms with Gasteiger partial charge in [0.1, 0.15) is 5.54 Å². The minimum atomic E-state index is -0.676. The van der Waals surface area contributed by atoms with Gasteiger partial charge in [-0.05, 0) is 27.3 Å². The van der Waals surface area contributed by atoms with Crippen molar-refractivity contribution in [3.8, 4) is 0 Å². The SMILES string of the molecule is CCC1COC(C)CN1CC(C)(NC)C(N)=O. The Bertz CT molecular complexity index is 272. The van der Waals surface area contributed by atoms with Gasteiger partial charge in [0.05, 0.1) is 12.7 Å². The molecule has 0 aromatic carbocycles. The van der Waals surface area contributed by atoms with Crippen LogP contribution in [-0.4, -0.2) is 55.2 Å². The Labute approximate surface area is 104 Å². The quantitative estimate of drug-likeness (QED) is 0.710. The standard InChI is InChI=1S/C12H25N3O2/c1-5-10-7-17-9(2)6-15(10)8-12(3,14-4)11(13)16/h9-10,14H,5-8H2,1-4H3,(H2,13,16). The number of likely N-dealkylation sites (N-methyl/N-ethyl adjacent to an activating group) is 1. The van der Waals surface area contributed by atoms with Crippen molar-refractivity contribution < 1.29 is 9.53 Å². The third-order valence-corrected chi connectivity index (χ3v) is 3.67. The summed E-state index contributed by atoms with van der Waals surface area (Å²) in [5.41, 5.74) is 4.78. The molecular formula is C12H25N3O2. The normalized spacial score (nSPS) is 29.9. The van der Waals surface area contributed by atoms with Crippen LogP contribution < -0.4 is 11.1 Å². The largest absolute Gasteiger partial charge is 0.376 e. The molecule has 0 aromatic heterocycles. The number of nitrogens with zero attached hydrogens (tertiary/aromatic N) is 1. The van der Waals surface area contributed by atoms with E-state index >= 15 is 0 Å². The van der Waals surface area contributed by atoms with E-state index in [2.05, 4.69) is 24.1 Å². The zero-order valence-corrected chi connectivity index (χ0v) is 11.3. The van der Waals surface area contributed by atoms with Crippen LogP contribution in [0.15, 0.2) is 0 Å². The number of ether oxygens (including phenoxy) is 1. The van der Waals surface area contributed by atoms with Crippen LogP contribution in [0.2, 0.25) is 0 Å². The number of hydrogen-bond donors (Lipinski definition) is 2. The second kappa shape index (κ2) is 5.80. The second-order valence-corrected chi connectivity index (χ2v) is 5.08. The zero-order chi connectivity index (χ0) is 13.1. The van der Waals surface area contributed by atoms with Crippen molar-refractivity contribution >= 4 is 5.91 Å². The fraction of sp³-hybridized carbons (Fsp3) is 0.917. The summed E-state index contributed by atoms with van der Waals surface area (Å²) in [5.74, 6) is -0.311. The highest BCUT2D eigenvalue weighted by Crippen LogP contribution is 2.17. The van der Waals surface area contributed by atoms with E-state index in [1.165, 1.54) is 0 Å². The molecule has 1 heterocycles. The van der Waals surface area contributed by atoms with Gasteiger partial charge in [-0.25, -0.2) is 0 Å². The number of amides is 1. The van der Waals surface area contributed by atoms with E-state index < -0.39 is 5.54 Å². The molecule has 0 bridgehead atoms. The average Bonchev–Trinajstić information content (AvgIpc) is 2.29. The third-order valence-electron chi connectivity index (χ3n) is 3.67. The van der Waals surface area contributed by atoms with E-state index in [1.54, 1.807) is 7.05 Å². The Morgan fingerprint density at radius 2 is 2.29 bits per heavy atom. The first-order valence-electron chi connectivity index (χ1n) is 6.27. The molecule has 1 amide bonds. The summed E-state index contributed by atoms with van der Waals surface area (Å²) in [4.78, 5) is 13.8. The van der Waals surface area contributed by atoms with E-state index in [0.717, 1.165) is 19.6 Å². The lowest BCUT2D eigenvalue weighted by Crippen LogP contribution is -2.62. The lowest BCUT2D eigenvalue weighted by atomic mass is 9.98. The van der Waals surface area contributed by atoms with Gasteiger partial charge in [0.15, 0.2) is 0 Å². The Balaban J connectivity index is 2.72. The van der Waals surface area contributed by atoms with Crippen LogP contribution in [0, 0.1) is 0 Å². The topological polar surface area (TPSA) is 67.6 Å². The molecular weight excluding hydrogens is 218 g/mol. The fourth-order valence-electron chi connectivity index (χ4n) is 2.17. The maximum atomic E-state index is 11.5. The Morgan fingerprint density at radius 1 is 1.65 bits per heavy atom. The average molecular weight is 243 g/mol. The molecule has 0 spiro atoms. The summed E-state index contributed by atoms with van der Waals surface area (Å²) < 4.78 is 5.64. The zero-order valence-electron chi connectivity index (χ0n) is 11.3. The van der Waals surface area contributed by atoms with Crippen molar-refractivity contribution in [2.75, 3.05) is 26.7 Å². The molecule has 1 fully saturated rings. The van der Waals surface area contributed by atoms with Crippen LogP contribution in [0.4, 0.5) is 0 Å². The predicted molar refractivity (Wildman–Crippen MR) is 67.7 cm³/mol. The van der Waals surface area contributed by atoms with Gasteiger partial charge in [-0.2, -0.15) is 0 Å². The number of morpholine rings is 1. The molecule has 0 aliphatic carbocycles. The van der Waals surface area contributed by atoms with Crippen molar-refractivity contribution in [3.63, 3.8) is 0 Å². The summed E-state index contributed by atoms with van der Waals surface area (Å²) in [6.07, 6.45) is 1.23. The lowest BCUT2D eigenvalue weighted by molar-refractivity contribution is -0.126. The van der Waals surface area contributed by atoms with Gasteiger partial charge in [-0.3, -0.25) is 9.69 Å². The lowest BCUT2D eigenvalue weighted by Gasteiger charge is -2.42. The first-order chi connectivity index (χ1) is 7.92. The highest BCUT2D eigenvalue weighted by Gasteiger charge is 2.35. The number of rotatable bonds is 5. The molecule has 3 N–H and O–H groups in total. The monoisotopic (exact) mass is 243 g/mol. The molecule has 3 unspecified atom stereocenters. The Morgan fingerprint density at radius 3 is 2.76 bits per heavy atom. The highest BCUT2D eigenvalue weighted by atomic mass is 16.5. The molecule has 0 radical (unpaired) electrons. The van der Waals surface area contributed by atoms with Gasteiger partial charge in [0, 0.05) is 19.1 Å². The first kappa shape index (κ1) is 14.4. The molecule has 1 saturated heterocycles. The van der Waals surface area contributed by atoms with Crippen molar-refractivity contribution in [3.05, 3.63) is 0 Å². The number of primary amides is 1. The fourth-order valence-corrected chi connectivity index (χ4v) is 2.17. The van der Waals surface area contributed by atoms with Crippen molar-refractivity contribution in [1.82, 2.24) is 10.2 Å². The van der Waals surface area contributed by atoms with Gasteiger partial charge in [-0.1, -0.05) is 6.92 Å². The minimum Gasteiger partial charge on any atom is -0.376 e. The third kappa shape index (κ3) is 3.40. The summed E-state index contributed by atoms with van der Waals surface area (Å²) in [7, 11) is 1.77. The van der Waals surface area contributed by atoms with Crippen LogP contribution in [0.3, 0.4) is 0 Å². The van der Waals surface area contributed by atoms with Crippen LogP contribution in [0.25, 0.3) is 0 Å². The molecule has 1 aliphatic rings. The molecule has 17 heavy (non-hydrogen) atoms. The van der Waals surface area contributed by atoms with Gasteiger partial charge in [-0.15, -0.1) is 0 Å². The molecule has 0 saturated carbocycles. The van der Waals surface area contributed by atoms with Crippen molar-refractivity contribution in [2.45, 2.75) is 44.9 Å². The number of carbonyl (C=O) groups excluding carboxylic acids is 1. The second-order valence-electron chi connectivity index (χ2n) is 5.08. The molecule has 3 atom stereocenters. The molecule has 1 aliphatic heterocycles. The molecule has 100 valence electrons. The van der Waals surface area contributed by atoms with E-state index in [4.69, 9.17) is 10.5 Å². The molecule has 5 heteroatoms. The van der Waals surface area contributed by atoms with Gasteiger partial charge in [0.25, 0.3) is 0 Å². The number of nitrogens with two attached hydrogens (primary N) is 1. The van der Waals surface area contributed by atoms with Crippen LogP contribution in [0.5, 0.6) is 0 Å². The Kier molecular flexibility index (Phi) is 4.91. The van der Waals surface area contributed by atoms with Crippen molar-refractivity contribution in [2.24, 2.45) is 5.73 Å². The minimum absolute atomic E-state index is 0.215.